The average Bonchev–Trinajstić information content (AvgIpc) is 2.15. The first-order chi connectivity index (χ1) is 4.70. The summed E-state index contributed by atoms with van der Waals surface area (Å²) in [5.41, 5.74) is 0.942. The molecule has 0 unspecified atom stereocenters. The molecule has 1 heterocycles. The number of hydrogen-bond acceptors (Lipinski definition) is 3. The van der Waals surface area contributed by atoms with Crippen LogP contribution in [0.5, 0.6) is 0 Å². The molecular formula is C5H8N4S. The van der Waals surface area contributed by atoms with Crippen molar-refractivity contribution < 1.29 is 0 Å². The Balaban J connectivity index is 3.07. The van der Waals surface area contributed by atoms with Gasteiger partial charge in [-0.1, -0.05) is 0 Å². The van der Waals surface area contributed by atoms with Gasteiger partial charge in [0, 0.05) is 5.71 Å². The highest BCUT2D eigenvalue weighted by Gasteiger charge is 1.87. The first-order valence-electron chi connectivity index (χ1n) is 2.84. The van der Waals surface area contributed by atoms with Crippen molar-refractivity contribution in [2.75, 3.05) is 0 Å². The van der Waals surface area contributed by atoms with Crippen molar-refractivity contribution in [2.24, 2.45) is 5.10 Å². The van der Waals surface area contributed by atoms with Gasteiger partial charge in [-0.05, 0) is 26.1 Å². The molecule has 0 aliphatic heterocycles. The molecule has 0 fully saturated rings. The summed E-state index contributed by atoms with van der Waals surface area (Å²) in [6, 6.07) is 0. The molecule has 0 saturated heterocycles. The van der Waals surface area contributed by atoms with E-state index >= 15 is 0 Å². The van der Waals surface area contributed by atoms with E-state index in [1.807, 2.05) is 13.8 Å². The van der Waals surface area contributed by atoms with Crippen LogP contribution in [-0.4, -0.2) is 20.6 Å². The smallest absolute Gasteiger partial charge is 0.216 e. The Morgan fingerprint density at radius 2 is 2.50 bits per heavy atom. The van der Waals surface area contributed by atoms with Crippen LogP contribution in [0.3, 0.4) is 0 Å². The Labute approximate surface area is 63.6 Å². The summed E-state index contributed by atoms with van der Waals surface area (Å²) in [6.07, 6.45) is 1.54. The first kappa shape index (κ1) is 7.14. The average molecular weight is 156 g/mol. The highest BCUT2D eigenvalue weighted by molar-refractivity contribution is 7.71. The van der Waals surface area contributed by atoms with E-state index in [2.05, 4.69) is 15.3 Å². The van der Waals surface area contributed by atoms with Crippen LogP contribution >= 0.6 is 12.2 Å². The number of aromatic nitrogens is 3. The molecule has 4 nitrogen and oxygen atoms in total. The van der Waals surface area contributed by atoms with Crippen molar-refractivity contribution >= 4 is 17.9 Å². The maximum Gasteiger partial charge on any atom is 0.216 e. The Morgan fingerprint density at radius 3 is 2.90 bits per heavy atom. The Morgan fingerprint density at radius 1 is 1.80 bits per heavy atom. The quantitative estimate of drug-likeness (QED) is 0.490. The highest BCUT2D eigenvalue weighted by Crippen LogP contribution is 1.86. The predicted octanol–water partition coefficient (Wildman–Crippen LogP) is 1.18. The van der Waals surface area contributed by atoms with E-state index in [9.17, 15) is 0 Å². The minimum atomic E-state index is 0.515. The number of hydrogen-bond donors (Lipinski definition) is 1. The third-order valence-corrected chi connectivity index (χ3v) is 1.12. The van der Waals surface area contributed by atoms with Gasteiger partial charge in [0.05, 0.1) is 0 Å². The second kappa shape index (κ2) is 2.74. The van der Waals surface area contributed by atoms with E-state index < -0.39 is 0 Å². The number of nitrogens with one attached hydrogen (secondary N) is 1. The fraction of sp³-hybridized carbons (Fsp3) is 0.400. The lowest BCUT2D eigenvalue weighted by atomic mass is 10.5. The summed E-state index contributed by atoms with van der Waals surface area (Å²) in [6.45, 7) is 3.80. The molecule has 0 spiro atoms. The van der Waals surface area contributed by atoms with Gasteiger partial charge in [-0.15, -0.1) is 0 Å². The minimum Gasteiger partial charge on any atom is -0.250 e. The number of aromatic amines is 1. The standard InChI is InChI=1S/C5H8N4S/c1-4(2)8-9-3-6-7-5(9)10/h3H,1-2H3,(H,7,10). The number of H-pyrrole nitrogens is 1. The van der Waals surface area contributed by atoms with Gasteiger partial charge in [-0.25, -0.2) is 0 Å². The SMILES string of the molecule is CC(C)=Nn1cn[nH]c1=S. The molecule has 10 heavy (non-hydrogen) atoms. The van der Waals surface area contributed by atoms with Crippen LogP contribution in [0, 0.1) is 4.77 Å². The summed E-state index contributed by atoms with van der Waals surface area (Å²) < 4.78 is 2.03. The second-order valence-corrected chi connectivity index (χ2v) is 2.44. The molecule has 0 saturated carbocycles. The lowest BCUT2D eigenvalue weighted by Gasteiger charge is -1.89. The normalized spacial score (nSPS) is 9.40. The summed E-state index contributed by atoms with van der Waals surface area (Å²) >= 11 is 4.84. The molecule has 1 aromatic heterocycles. The Kier molecular flexibility index (Phi) is 1.96. The maximum atomic E-state index is 4.84. The van der Waals surface area contributed by atoms with Gasteiger partial charge < -0.3 is 0 Å². The number of nitrogens with zero attached hydrogens (tertiary/aromatic N) is 3. The fourth-order valence-corrected chi connectivity index (χ4v) is 0.670. The molecule has 0 bridgehead atoms. The van der Waals surface area contributed by atoms with Crippen molar-refractivity contribution in [1.82, 2.24) is 14.9 Å². The van der Waals surface area contributed by atoms with Crippen molar-refractivity contribution in [3.8, 4) is 0 Å². The third kappa shape index (κ3) is 1.51. The lowest BCUT2D eigenvalue weighted by Crippen LogP contribution is -1.90. The Bertz CT molecular complexity index is 291. The van der Waals surface area contributed by atoms with Gasteiger partial charge in [0.25, 0.3) is 0 Å². The third-order valence-electron chi connectivity index (χ3n) is 0.843. The zero-order chi connectivity index (χ0) is 7.56. The second-order valence-electron chi connectivity index (χ2n) is 2.05. The van der Waals surface area contributed by atoms with Gasteiger partial charge in [0.15, 0.2) is 0 Å². The largest absolute Gasteiger partial charge is 0.250 e. The molecule has 1 rings (SSSR count). The van der Waals surface area contributed by atoms with Gasteiger partial charge in [0.2, 0.25) is 4.77 Å². The maximum absolute atomic E-state index is 4.84. The molecule has 0 radical (unpaired) electrons. The monoisotopic (exact) mass is 156 g/mol. The van der Waals surface area contributed by atoms with E-state index in [1.54, 1.807) is 0 Å². The van der Waals surface area contributed by atoms with Crippen LogP contribution in [-0.2, 0) is 0 Å². The van der Waals surface area contributed by atoms with Crippen LogP contribution < -0.4 is 0 Å². The molecule has 1 aromatic rings. The summed E-state index contributed by atoms with van der Waals surface area (Å²) in [5.74, 6) is 0. The molecular weight excluding hydrogens is 148 g/mol. The van der Waals surface area contributed by atoms with Gasteiger partial charge in [-0.3, -0.25) is 5.10 Å². The molecule has 5 heteroatoms. The molecule has 0 amide bonds. The summed E-state index contributed by atoms with van der Waals surface area (Å²) in [7, 11) is 0. The molecule has 54 valence electrons. The number of rotatable bonds is 1. The fourth-order valence-electron chi connectivity index (χ4n) is 0.529. The highest BCUT2D eigenvalue weighted by atomic mass is 32.1. The topological polar surface area (TPSA) is 46.0 Å². The van der Waals surface area contributed by atoms with Crippen LogP contribution in [0.2, 0.25) is 0 Å². The minimum absolute atomic E-state index is 0.515. The molecule has 1 N–H and O–H groups in total. The molecule has 0 atom stereocenters. The zero-order valence-electron chi connectivity index (χ0n) is 5.83. The summed E-state index contributed by atoms with van der Waals surface area (Å²) in [4.78, 5) is 0. The van der Waals surface area contributed by atoms with Crippen molar-refractivity contribution in [3.63, 3.8) is 0 Å². The summed E-state index contributed by atoms with van der Waals surface area (Å²) in [5, 5.41) is 10.4. The van der Waals surface area contributed by atoms with Crippen LogP contribution in [0.1, 0.15) is 13.8 Å². The molecule has 0 aliphatic carbocycles. The molecule has 0 aromatic carbocycles. The van der Waals surface area contributed by atoms with Crippen molar-refractivity contribution in [2.45, 2.75) is 13.8 Å². The van der Waals surface area contributed by atoms with Crippen LogP contribution in [0.25, 0.3) is 0 Å². The van der Waals surface area contributed by atoms with Gasteiger partial charge in [-0.2, -0.15) is 14.9 Å². The van der Waals surface area contributed by atoms with E-state index in [1.165, 1.54) is 11.0 Å². The molecule has 0 aliphatic rings. The van der Waals surface area contributed by atoms with E-state index in [-0.39, 0.29) is 0 Å². The van der Waals surface area contributed by atoms with Crippen LogP contribution in [0.15, 0.2) is 11.4 Å². The van der Waals surface area contributed by atoms with E-state index in [0.29, 0.717) is 4.77 Å². The van der Waals surface area contributed by atoms with E-state index in [4.69, 9.17) is 12.2 Å². The van der Waals surface area contributed by atoms with Gasteiger partial charge >= 0.3 is 0 Å². The Hall–Kier alpha value is -0.970. The van der Waals surface area contributed by atoms with E-state index in [0.717, 1.165) is 5.71 Å². The van der Waals surface area contributed by atoms with Crippen molar-refractivity contribution in [3.05, 3.63) is 11.1 Å². The predicted molar refractivity (Wildman–Crippen MR) is 41.6 cm³/mol. The lowest BCUT2D eigenvalue weighted by molar-refractivity contribution is 0.854. The van der Waals surface area contributed by atoms with Crippen molar-refractivity contribution in [1.29, 1.82) is 0 Å². The van der Waals surface area contributed by atoms with Gasteiger partial charge in [0.1, 0.15) is 6.33 Å². The zero-order valence-corrected chi connectivity index (χ0v) is 6.64. The first-order valence-corrected chi connectivity index (χ1v) is 3.25. The van der Waals surface area contributed by atoms with Crippen LogP contribution in [0.4, 0.5) is 0 Å².